The molecule has 0 fully saturated rings. The van der Waals surface area contributed by atoms with Gasteiger partial charge in [-0.2, -0.15) is 0 Å². The second-order valence-corrected chi connectivity index (χ2v) is 4.87. The van der Waals surface area contributed by atoms with E-state index in [1.54, 1.807) is 24.7 Å². The normalized spacial score (nSPS) is 10.6. The topological polar surface area (TPSA) is 76.5 Å². The van der Waals surface area contributed by atoms with Crippen LogP contribution in [0.5, 0.6) is 0 Å². The van der Waals surface area contributed by atoms with Crippen molar-refractivity contribution in [2.45, 2.75) is 0 Å². The summed E-state index contributed by atoms with van der Waals surface area (Å²) in [4.78, 5) is 21.5. The molecule has 3 heterocycles. The van der Waals surface area contributed by atoms with Gasteiger partial charge in [-0.3, -0.25) is 4.98 Å². The zero-order valence-corrected chi connectivity index (χ0v) is 12.1. The standard InChI is InChI=1S/C17H12N6/c1-2-6-14-13(5-1)17(22-15-7-9-19-11-20-15)23-16(21-14)12-4-3-8-18-10-12/h1-11H,(H,19,20,21,22,23). The Labute approximate surface area is 132 Å². The molecule has 3 aromatic heterocycles. The van der Waals surface area contributed by atoms with Crippen molar-refractivity contribution in [1.82, 2.24) is 24.9 Å². The largest absolute Gasteiger partial charge is 0.324 e. The average molecular weight is 300 g/mol. The van der Waals surface area contributed by atoms with E-state index in [0.29, 0.717) is 17.5 Å². The number of para-hydroxylation sites is 1. The molecular weight excluding hydrogens is 288 g/mol. The van der Waals surface area contributed by atoms with Gasteiger partial charge in [0.1, 0.15) is 18.0 Å². The Morgan fingerprint density at radius 3 is 2.61 bits per heavy atom. The lowest BCUT2D eigenvalue weighted by Crippen LogP contribution is -2.00. The van der Waals surface area contributed by atoms with E-state index in [1.165, 1.54) is 6.33 Å². The van der Waals surface area contributed by atoms with E-state index in [9.17, 15) is 0 Å². The maximum Gasteiger partial charge on any atom is 0.163 e. The predicted octanol–water partition coefficient (Wildman–Crippen LogP) is 3.23. The van der Waals surface area contributed by atoms with Crippen molar-refractivity contribution < 1.29 is 0 Å². The van der Waals surface area contributed by atoms with Crippen LogP contribution in [0, 0.1) is 0 Å². The zero-order valence-electron chi connectivity index (χ0n) is 12.1. The predicted molar refractivity (Wildman–Crippen MR) is 88.1 cm³/mol. The third-order valence-electron chi connectivity index (χ3n) is 3.35. The fourth-order valence-corrected chi connectivity index (χ4v) is 2.28. The molecule has 110 valence electrons. The molecule has 4 aromatic rings. The van der Waals surface area contributed by atoms with Crippen LogP contribution in [0.2, 0.25) is 0 Å². The van der Waals surface area contributed by atoms with E-state index in [4.69, 9.17) is 0 Å². The van der Waals surface area contributed by atoms with Crippen LogP contribution < -0.4 is 5.32 Å². The maximum absolute atomic E-state index is 4.64. The van der Waals surface area contributed by atoms with Crippen molar-refractivity contribution >= 4 is 22.5 Å². The SMILES string of the molecule is c1cncc(-c2nc(Nc3ccncn3)c3ccccc3n2)c1. The second-order valence-electron chi connectivity index (χ2n) is 4.87. The van der Waals surface area contributed by atoms with Crippen LogP contribution in [0.25, 0.3) is 22.3 Å². The van der Waals surface area contributed by atoms with Gasteiger partial charge in [-0.15, -0.1) is 0 Å². The summed E-state index contributed by atoms with van der Waals surface area (Å²) in [5, 5.41) is 4.16. The highest BCUT2D eigenvalue weighted by molar-refractivity contribution is 5.91. The van der Waals surface area contributed by atoms with Gasteiger partial charge in [0.15, 0.2) is 5.82 Å². The number of hydrogen-bond acceptors (Lipinski definition) is 6. The molecule has 23 heavy (non-hydrogen) atoms. The molecule has 0 spiro atoms. The van der Waals surface area contributed by atoms with E-state index in [0.717, 1.165) is 16.5 Å². The van der Waals surface area contributed by atoms with Crippen molar-refractivity contribution in [1.29, 1.82) is 0 Å². The summed E-state index contributed by atoms with van der Waals surface area (Å²) in [6.07, 6.45) is 6.65. The molecule has 0 amide bonds. The summed E-state index contributed by atoms with van der Waals surface area (Å²) < 4.78 is 0. The van der Waals surface area contributed by atoms with Crippen LogP contribution in [0.1, 0.15) is 0 Å². The molecule has 6 heteroatoms. The van der Waals surface area contributed by atoms with Crippen molar-refractivity contribution in [3.8, 4) is 11.4 Å². The molecule has 0 saturated carbocycles. The third kappa shape index (κ3) is 2.69. The highest BCUT2D eigenvalue weighted by Crippen LogP contribution is 2.26. The number of hydrogen-bond donors (Lipinski definition) is 1. The Kier molecular flexibility index (Phi) is 3.32. The van der Waals surface area contributed by atoms with Crippen LogP contribution in [0.15, 0.2) is 67.4 Å². The number of rotatable bonds is 3. The van der Waals surface area contributed by atoms with Crippen molar-refractivity contribution in [2.24, 2.45) is 0 Å². The minimum absolute atomic E-state index is 0.619. The lowest BCUT2D eigenvalue weighted by molar-refractivity contribution is 1.15. The molecule has 1 aromatic carbocycles. The van der Waals surface area contributed by atoms with Crippen LogP contribution in [0.3, 0.4) is 0 Å². The number of anilines is 2. The first-order valence-electron chi connectivity index (χ1n) is 7.10. The van der Waals surface area contributed by atoms with Crippen molar-refractivity contribution in [2.75, 3.05) is 5.32 Å². The number of aromatic nitrogens is 5. The molecule has 0 aliphatic heterocycles. The van der Waals surface area contributed by atoms with Gasteiger partial charge in [0.25, 0.3) is 0 Å². The minimum Gasteiger partial charge on any atom is -0.324 e. The molecule has 0 aliphatic carbocycles. The first kappa shape index (κ1) is 13.3. The first-order valence-corrected chi connectivity index (χ1v) is 7.10. The van der Waals surface area contributed by atoms with Crippen LogP contribution in [0.4, 0.5) is 11.6 Å². The Morgan fingerprint density at radius 2 is 1.78 bits per heavy atom. The van der Waals surface area contributed by atoms with E-state index in [-0.39, 0.29) is 0 Å². The van der Waals surface area contributed by atoms with E-state index >= 15 is 0 Å². The molecule has 0 unspecified atom stereocenters. The molecule has 4 rings (SSSR count). The summed E-state index contributed by atoms with van der Waals surface area (Å²) in [6, 6.07) is 13.4. The maximum atomic E-state index is 4.64. The molecule has 0 aliphatic rings. The van der Waals surface area contributed by atoms with Gasteiger partial charge >= 0.3 is 0 Å². The van der Waals surface area contributed by atoms with Gasteiger partial charge < -0.3 is 5.32 Å². The van der Waals surface area contributed by atoms with E-state index in [1.807, 2.05) is 36.4 Å². The van der Waals surface area contributed by atoms with Gasteiger partial charge in [-0.25, -0.2) is 19.9 Å². The van der Waals surface area contributed by atoms with E-state index < -0.39 is 0 Å². The number of nitrogens with one attached hydrogen (secondary N) is 1. The number of fused-ring (bicyclic) bond motifs is 1. The fourth-order valence-electron chi connectivity index (χ4n) is 2.28. The van der Waals surface area contributed by atoms with Gasteiger partial charge in [0, 0.05) is 29.5 Å². The Bertz CT molecular complexity index is 941. The Balaban J connectivity index is 1.87. The average Bonchev–Trinajstić information content (AvgIpc) is 2.63. The molecule has 0 radical (unpaired) electrons. The minimum atomic E-state index is 0.619. The van der Waals surface area contributed by atoms with Crippen LogP contribution in [-0.2, 0) is 0 Å². The highest BCUT2D eigenvalue weighted by atomic mass is 15.1. The van der Waals surface area contributed by atoms with Crippen molar-refractivity contribution in [3.63, 3.8) is 0 Å². The molecule has 0 atom stereocenters. The molecule has 0 saturated heterocycles. The molecule has 1 N–H and O–H groups in total. The summed E-state index contributed by atoms with van der Waals surface area (Å²) in [6.45, 7) is 0. The summed E-state index contributed by atoms with van der Waals surface area (Å²) >= 11 is 0. The Hall–Kier alpha value is -3.41. The molecular formula is C17H12N6. The molecule has 6 nitrogen and oxygen atoms in total. The lowest BCUT2D eigenvalue weighted by atomic mass is 10.2. The monoisotopic (exact) mass is 300 g/mol. The third-order valence-corrected chi connectivity index (χ3v) is 3.35. The van der Waals surface area contributed by atoms with Gasteiger partial charge in [0.2, 0.25) is 0 Å². The van der Waals surface area contributed by atoms with Gasteiger partial charge in [-0.05, 0) is 30.3 Å². The van der Waals surface area contributed by atoms with Crippen LogP contribution in [-0.4, -0.2) is 24.9 Å². The van der Waals surface area contributed by atoms with Crippen molar-refractivity contribution in [3.05, 3.63) is 67.4 Å². The number of benzene rings is 1. The second kappa shape index (κ2) is 5.76. The van der Waals surface area contributed by atoms with E-state index in [2.05, 4.69) is 30.2 Å². The highest BCUT2D eigenvalue weighted by Gasteiger charge is 2.09. The Morgan fingerprint density at radius 1 is 0.826 bits per heavy atom. The smallest absolute Gasteiger partial charge is 0.163 e. The first-order chi connectivity index (χ1) is 11.4. The quantitative estimate of drug-likeness (QED) is 0.626. The van der Waals surface area contributed by atoms with Gasteiger partial charge in [0.05, 0.1) is 5.52 Å². The zero-order chi connectivity index (χ0) is 15.5. The number of pyridine rings is 1. The fraction of sp³-hybridized carbons (Fsp3) is 0. The van der Waals surface area contributed by atoms with Gasteiger partial charge in [-0.1, -0.05) is 12.1 Å². The lowest BCUT2D eigenvalue weighted by Gasteiger charge is -2.10. The molecule has 0 bridgehead atoms. The summed E-state index contributed by atoms with van der Waals surface area (Å²) in [5.41, 5.74) is 1.72. The van der Waals surface area contributed by atoms with Crippen LogP contribution >= 0.6 is 0 Å². The number of nitrogens with zero attached hydrogens (tertiary/aromatic N) is 5. The summed E-state index contributed by atoms with van der Waals surface area (Å²) in [5.74, 6) is 2.00. The summed E-state index contributed by atoms with van der Waals surface area (Å²) in [7, 11) is 0.